The number of benzene rings is 1. The van der Waals surface area contributed by atoms with Crippen LogP contribution in [-0.2, 0) is 0 Å². The molecule has 1 N–H and O–H groups in total. The Hall–Kier alpha value is -2.67. The summed E-state index contributed by atoms with van der Waals surface area (Å²) in [7, 11) is 1.57. The molecule has 0 saturated carbocycles. The minimum absolute atomic E-state index is 0.238. The monoisotopic (exact) mass is 341 g/mol. The average Bonchev–Trinajstić information content (AvgIpc) is 2.68. The highest BCUT2D eigenvalue weighted by Gasteiger charge is 2.17. The summed E-state index contributed by atoms with van der Waals surface area (Å²) in [6.07, 6.45) is 0. The molecule has 0 spiro atoms. The van der Waals surface area contributed by atoms with Gasteiger partial charge in [-0.05, 0) is 36.9 Å². The SMILES string of the molecule is CCN1CCN(c2ccc(NC(=O)c3cccc(OC)c3)nn2)CC1. The standard InChI is InChI=1S/C18H23N5O2/c1-3-22-9-11-23(12-10-22)17-8-7-16(20-21-17)19-18(24)14-5-4-6-15(13-14)25-2/h4-8,13H,3,9-12H2,1-2H3,(H,19,20,24). The molecular weight excluding hydrogens is 318 g/mol. The fraction of sp³-hybridized carbons (Fsp3) is 0.389. The van der Waals surface area contributed by atoms with Crippen LogP contribution < -0.4 is 15.0 Å². The zero-order valence-corrected chi connectivity index (χ0v) is 14.6. The lowest BCUT2D eigenvalue weighted by atomic mass is 10.2. The van der Waals surface area contributed by atoms with Crippen LogP contribution in [0, 0.1) is 0 Å². The Morgan fingerprint density at radius 1 is 1.16 bits per heavy atom. The van der Waals surface area contributed by atoms with Crippen molar-refractivity contribution in [3.05, 3.63) is 42.0 Å². The minimum Gasteiger partial charge on any atom is -0.497 e. The number of ether oxygens (including phenoxy) is 1. The van der Waals surface area contributed by atoms with E-state index in [2.05, 4.69) is 32.2 Å². The van der Waals surface area contributed by atoms with Crippen LogP contribution in [0.15, 0.2) is 36.4 Å². The third kappa shape index (κ3) is 4.24. The molecule has 3 rings (SSSR count). The molecule has 25 heavy (non-hydrogen) atoms. The molecule has 7 heteroatoms. The van der Waals surface area contributed by atoms with E-state index in [1.807, 2.05) is 6.07 Å². The van der Waals surface area contributed by atoms with E-state index in [0.29, 0.717) is 17.1 Å². The molecular formula is C18H23N5O2. The zero-order valence-electron chi connectivity index (χ0n) is 14.6. The largest absolute Gasteiger partial charge is 0.497 e. The van der Waals surface area contributed by atoms with Gasteiger partial charge in [0, 0.05) is 31.7 Å². The fourth-order valence-electron chi connectivity index (χ4n) is 2.81. The predicted molar refractivity (Wildman–Crippen MR) is 97.3 cm³/mol. The van der Waals surface area contributed by atoms with Gasteiger partial charge in [0.15, 0.2) is 11.6 Å². The third-order valence-electron chi connectivity index (χ3n) is 4.37. The Balaban J connectivity index is 1.61. The topological polar surface area (TPSA) is 70.6 Å². The van der Waals surface area contributed by atoms with Crippen molar-refractivity contribution >= 4 is 17.5 Å². The molecule has 0 atom stereocenters. The van der Waals surface area contributed by atoms with Crippen LogP contribution >= 0.6 is 0 Å². The number of rotatable bonds is 5. The molecule has 0 aliphatic carbocycles. The molecule has 0 unspecified atom stereocenters. The van der Waals surface area contributed by atoms with E-state index in [1.165, 1.54) is 0 Å². The first kappa shape index (κ1) is 17.2. The molecule has 1 aromatic heterocycles. The van der Waals surface area contributed by atoms with Crippen LogP contribution in [0.5, 0.6) is 5.75 Å². The van der Waals surface area contributed by atoms with Gasteiger partial charge in [-0.1, -0.05) is 13.0 Å². The second-order valence-electron chi connectivity index (χ2n) is 5.88. The first-order valence-corrected chi connectivity index (χ1v) is 8.46. The molecule has 7 nitrogen and oxygen atoms in total. The Morgan fingerprint density at radius 2 is 1.96 bits per heavy atom. The van der Waals surface area contributed by atoms with E-state index in [4.69, 9.17) is 4.74 Å². The fourth-order valence-corrected chi connectivity index (χ4v) is 2.81. The number of hydrogen-bond donors (Lipinski definition) is 1. The van der Waals surface area contributed by atoms with E-state index in [9.17, 15) is 4.79 Å². The van der Waals surface area contributed by atoms with E-state index in [-0.39, 0.29) is 5.91 Å². The van der Waals surface area contributed by atoms with Crippen LogP contribution in [0.1, 0.15) is 17.3 Å². The summed E-state index contributed by atoms with van der Waals surface area (Å²) < 4.78 is 5.14. The van der Waals surface area contributed by atoms with Crippen LogP contribution in [0.2, 0.25) is 0 Å². The van der Waals surface area contributed by atoms with Gasteiger partial charge in [-0.25, -0.2) is 0 Å². The van der Waals surface area contributed by atoms with Gasteiger partial charge in [-0.3, -0.25) is 4.79 Å². The van der Waals surface area contributed by atoms with Crippen molar-refractivity contribution in [2.24, 2.45) is 0 Å². The first-order chi connectivity index (χ1) is 12.2. The highest BCUT2D eigenvalue weighted by Crippen LogP contribution is 2.16. The molecule has 2 aromatic rings. The third-order valence-corrected chi connectivity index (χ3v) is 4.37. The smallest absolute Gasteiger partial charge is 0.256 e. The second-order valence-corrected chi connectivity index (χ2v) is 5.88. The summed E-state index contributed by atoms with van der Waals surface area (Å²) in [6, 6.07) is 10.7. The van der Waals surface area contributed by atoms with E-state index in [0.717, 1.165) is 38.5 Å². The molecule has 1 fully saturated rings. The first-order valence-electron chi connectivity index (χ1n) is 8.46. The Kier molecular flexibility index (Phi) is 5.45. The Bertz CT molecular complexity index is 712. The minimum atomic E-state index is -0.238. The van der Waals surface area contributed by atoms with E-state index in [1.54, 1.807) is 37.4 Å². The van der Waals surface area contributed by atoms with E-state index >= 15 is 0 Å². The molecule has 0 bridgehead atoms. The molecule has 1 aliphatic heterocycles. The van der Waals surface area contributed by atoms with Gasteiger partial charge in [0.1, 0.15) is 5.75 Å². The van der Waals surface area contributed by atoms with Gasteiger partial charge < -0.3 is 19.9 Å². The number of nitrogens with zero attached hydrogens (tertiary/aromatic N) is 4. The number of hydrogen-bond acceptors (Lipinski definition) is 6. The predicted octanol–water partition coefficient (Wildman–Crippen LogP) is 1.88. The Morgan fingerprint density at radius 3 is 2.60 bits per heavy atom. The normalized spacial score (nSPS) is 15.0. The molecule has 1 amide bonds. The maximum atomic E-state index is 12.3. The van der Waals surface area contributed by atoms with Crippen molar-refractivity contribution in [2.75, 3.05) is 50.1 Å². The lowest BCUT2D eigenvalue weighted by Crippen LogP contribution is -2.46. The van der Waals surface area contributed by atoms with Gasteiger partial charge >= 0.3 is 0 Å². The summed E-state index contributed by atoms with van der Waals surface area (Å²) in [5, 5.41) is 11.1. The maximum absolute atomic E-state index is 12.3. The maximum Gasteiger partial charge on any atom is 0.256 e. The van der Waals surface area contributed by atoms with Crippen LogP contribution in [0.4, 0.5) is 11.6 Å². The van der Waals surface area contributed by atoms with Crippen LogP contribution in [0.25, 0.3) is 0 Å². The van der Waals surface area contributed by atoms with Gasteiger partial charge in [-0.15, -0.1) is 10.2 Å². The second kappa shape index (κ2) is 7.94. The van der Waals surface area contributed by atoms with Crippen LogP contribution in [0.3, 0.4) is 0 Å². The lowest BCUT2D eigenvalue weighted by molar-refractivity contribution is 0.102. The summed E-state index contributed by atoms with van der Waals surface area (Å²) in [5.74, 6) is 1.68. The number of anilines is 2. The van der Waals surface area contributed by atoms with Crippen molar-refractivity contribution in [3.8, 4) is 5.75 Å². The van der Waals surface area contributed by atoms with Gasteiger partial charge in [-0.2, -0.15) is 0 Å². The molecule has 1 saturated heterocycles. The average molecular weight is 341 g/mol. The number of carbonyl (C=O) groups is 1. The Labute approximate surface area is 147 Å². The number of aromatic nitrogens is 2. The molecule has 2 heterocycles. The molecule has 1 aliphatic rings. The molecule has 0 radical (unpaired) electrons. The number of likely N-dealkylation sites (N-methyl/N-ethyl adjacent to an activating group) is 1. The van der Waals surface area contributed by atoms with Gasteiger partial charge in [0.25, 0.3) is 5.91 Å². The van der Waals surface area contributed by atoms with Gasteiger partial charge in [0.05, 0.1) is 7.11 Å². The summed E-state index contributed by atoms with van der Waals surface area (Å²) in [6.45, 7) is 7.21. The molecule has 1 aromatic carbocycles. The van der Waals surface area contributed by atoms with Gasteiger partial charge in [0.2, 0.25) is 0 Å². The number of piperazine rings is 1. The van der Waals surface area contributed by atoms with Crippen LogP contribution in [-0.4, -0.2) is 60.8 Å². The number of methoxy groups -OCH3 is 1. The summed E-state index contributed by atoms with van der Waals surface area (Å²) >= 11 is 0. The van der Waals surface area contributed by atoms with Crippen molar-refractivity contribution < 1.29 is 9.53 Å². The highest BCUT2D eigenvalue weighted by atomic mass is 16.5. The van der Waals surface area contributed by atoms with Crippen molar-refractivity contribution in [2.45, 2.75) is 6.92 Å². The lowest BCUT2D eigenvalue weighted by Gasteiger charge is -2.34. The highest BCUT2D eigenvalue weighted by molar-refractivity contribution is 6.03. The molecule has 132 valence electrons. The van der Waals surface area contributed by atoms with Crippen molar-refractivity contribution in [1.29, 1.82) is 0 Å². The zero-order chi connectivity index (χ0) is 17.6. The van der Waals surface area contributed by atoms with Crippen molar-refractivity contribution in [3.63, 3.8) is 0 Å². The number of amides is 1. The quantitative estimate of drug-likeness (QED) is 0.895. The number of carbonyl (C=O) groups excluding carboxylic acids is 1. The van der Waals surface area contributed by atoms with E-state index < -0.39 is 0 Å². The number of nitrogens with one attached hydrogen (secondary N) is 1. The summed E-state index contributed by atoms with van der Waals surface area (Å²) in [4.78, 5) is 16.9. The summed E-state index contributed by atoms with van der Waals surface area (Å²) in [5.41, 5.74) is 0.515. The van der Waals surface area contributed by atoms with Crippen molar-refractivity contribution in [1.82, 2.24) is 15.1 Å².